The van der Waals surface area contributed by atoms with Crippen LogP contribution >= 0.6 is 0 Å². The lowest BCUT2D eigenvalue weighted by Crippen LogP contribution is -2.52. The zero-order valence-corrected chi connectivity index (χ0v) is 11.6. The van der Waals surface area contributed by atoms with E-state index in [0.29, 0.717) is 19.5 Å². The number of hydrogen-bond acceptors (Lipinski definition) is 4. The molecule has 2 unspecified atom stereocenters. The van der Waals surface area contributed by atoms with E-state index >= 15 is 0 Å². The van der Waals surface area contributed by atoms with Crippen molar-refractivity contribution in [2.24, 2.45) is 5.73 Å². The van der Waals surface area contributed by atoms with E-state index in [9.17, 15) is 9.59 Å². The van der Waals surface area contributed by atoms with Crippen molar-refractivity contribution < 1.29 is 14.7 Å². The van der Waals surface area contributed by atoms with Crippen LogP contribution in [-0.4, -0.2) is 53.6 Å². The summed E-state index contributed by atoms with van der Waals surface area (Å²) >= 11 is 0. The Bertz CT molecular complexity index is 308. The Balaban J connectivity index is 2.27. The fourth-order valence-corrected chi connectivity index (χ4v) is 2.52. The van der Waals surface area contributed by atoms with Gasteiger partial charge in [-0.15, -0.1) is 0 Å². The lowest BCUT2D eigenvalue weighted by molar-refractivity contribution is -0.137. The first-order valence-corrected chi connectivity index (χ1v) is 6.99. The molecule has 6 heteroatoms. The van der Waals surface area contributed by atoms with E-state index in [4.69, 9.17) is 10.8 Å². The first-order chi connectivity index (χ1) is 9.00. The van der Waals surface area contributed by atoms with Gasteiger partial charge in [-0.25, -0.2) is 0 Å². The molecule has 19 heavy (non-hydrogen) atoms. The molecule has 0 aromatic carbocycles. The highest BCUT2D eigenvalue weighted by atomic mass is 16.4. The van der Waals surface area contributed by atoms with Crippen LogP contribution in [0.5, 0.6) is 0 Å². The molecule has 6 nitrogen and oxygen atoms in total. The van der Waals surface area contributed by atoms with Crippen molar-refractivity contribution in [2.45, 2.75) is 51.1 Å². The van der Waals surface area contributed by atoms with Crippen LogP contribution in [0.1, 0.15) is 39.0 Å². The van der Waals surface area contributed by atoms with Gasteiger partial charge >= 0.3 is 5.97 Å². The molecule has 110 valence electrons. The molecule has 0 bridgehead atoms. The molecule has 0 aromatic heterocycles. The van der Waals surface area contributed by atoms with Crippen LogP contribution < -0.4 is 11.1 Å². The highest BCUT2D eigenvalue weighted by molar-refractivity contribution is 5.78. The van der Waals surface area contributed by atoms with Gasteiger partial charge in [-0.2, -0.15) is 0 Å². The number of piperidine rings is 1. The minimum Gasteiger partial charge on any atom is -0.481 e. The maximum atomic E-state index is 11.8. The van der Waals surface area contributed by atoms with Crippen LogP contribution in [0.15, 0.2) is 0 Å². The van der Waals surface area contributed by atoms with Gasteiger partial charge in [0.15, 0.2) is 0 Å². The molecule has 0 saturated carbocycles. The van der Waals surface area contributed by atoms with Crippen molar-refractivity contribution in [3.8, 4) is 0 Å². The number of nitrogens with one attached hydrogen (secondary N) is 1. The second-order valence-corrected chi connectivity index (χ2v) is 5.24. The molecule has 1 saturated heterocycles. The summed E-state index contributed by atoms with van der Waals surface area (Å²) in [4.78, 5) is 24.3. The summed E-state index contributed by atoms with van der Waals surface area (Å²) in [6.07, 6.45) is 3.88. The maximum Gasteiger partial charge on any atom is 0.303 e. The zero-order chi connectivity index (χ0) is 14.3. The lowest BCUT2D eigenvalue weighted by atomic mass is 9.97. The number of nitrogens with zero attached hydrogens (tertiary/aromatic N) is 1. The summed E-state index contributed by atoms with van der Waals surface area (Å²) in [5.41, 5.74) is 5.95. The summed E-state index contributed by atoms with van der Waals surface area (Å²) in [5.74, 6) is -0.875. The zero-order valence-electron chi connectivity index (χ0n) is 11.6. The average molecular weight is 271 g/mol. The number of amides is 1. The second kappa shape index (κ2) is 8.12. The number of carbonyl (C=O) groups excluding carboxylic acids is 1. The smallest absolute Gasteiger partial charge is 0.303 e. The van der Waals surface area contributed by atoms with Gasteiger partial charge < -0.3 is 16.2 Å². The van der Waals surface area contributed by atoms with Gasteiger partial charge in [0.25, 0.3) is 0 Å². The number of likely N-dealkylation sites (tertiary alicyclic amines) is 1. The number of aliphatic carboxylic acids is 1. The standard InChI is InChI=1S/C13H25N3O3/c1-10(14)11-5-2-3-8-16(11)9-12(17)15-7-4-6-13(18)19/h10-11H,2-9,14H2,1H3,(H,15,17)(H,18,19). The van der Waals surface area contributed by atoms with E-state index in [0.717, 1.165) is 19.4 Å². The van der Waals surface area contributed by atoms with Gasteiger partial charge in [0.2, 0.25) is 5.91 Å². The van der Waals surface area contributed by atoms with Crippen molar-refractivity contribution in [1.82, 2.24) is 10.2 Å². The average Bonchev–Trinajstić information content (AvgIpc) is 2.35. The number of nitrogens with two attached hydrogens (primary N) is 1. The van der Waals surface area contributed by atoms with Crippen molar-refractivity contribution >= 4 is 11.9 Å². The van der Waals surface area contributed by atoms with Crippen molar-refractivity contribution in [3.05, 3.63) is 0 Å². The van der Waals surface area contributed by atoms with E-state index in [1.807, 2.05) is 6.92 Å². The van der Waals surface area contributed by atoms with E-state index in [2.05, 4.69) is 10.2 Å². The summed E-state index contributed by atoms with van der Waals surface area (Å²) in [6.45, 7) is 3.67. The molecular formula is C13H25N3O3. The maximum absolute atomic E-state index is 11.8. The molecule has 0 spiro atoms. The molecule has 1 aliphatic heterocycles. The lowest BCUT2D eigenvalue weighted by Gasteiger charge is -2.37. The van der Waals surface area contributed by atoms with Gasteiger partial charge in [-0.3, -0.25) is 14.5 Å². The minimum atomic E-state index is -0.831. The van der Waals surface area contributed by atoms with Gasteiger partial charge in [0, 0.05) is 25.0 Å². The largest absolute Gasteiger partial charge is 0.481 e. The fraction of sp³-hybridized carbons (Fsp3) is 0.846. The van der Waals surface area contributed by atoms with Gasteiger partial charge in [0.05, 0.1) is 6.54 Å². The topological polar surface area (TPSA) is 95.7 Å². The van der Waals surface area contributed by atoms with Gasteiger partial charge in [0.1, 0.15) is 0 Å². The van der Waals surface area contributed by atoms with E-state index < -0.39 is 5.97 Å². The molecule has 0 aromatic rings. The molecule has 1 heterocycles. The predicted molar refractivity (Wildman–Crippen MR) is 72.7 cm³/mol. The Morgan fingerprint density at radius 2 is 2.21 bits per heavy atom. The Kier molecular flexibility index (Phi) is 6.80. The van der Waals surface area contributed by atoms with Gasteiger partial charge in [-0.1, -0.05) is 6.42 Å². The Morgan fingerprint density at radius 3 is 2.84 bits per heavy atom. The number of rotatable bonds is 7. The molecule has 4 N–H and O–H groups in total. The van der Waals surface area contributed by atoms with Crippen LogP contribution in [-0.2, 0) is 9.59 Å². The summed E-state index contributed by atoms with van der Waals surface area (Å²) < 4.78 is 0. The Hall–Kier alpha value is -1.14. The van der Waals surface area contributed by atoms with E-state index in [-0.39, 0.29) is 24.4 Å². The normalized spacial score (nSPS) is 21.9. The van der Waals surface area contributed by atoms with E-state index in [1.54, 1.807) is 0 Å². The SMILES string of the molecule is CC(N)C1CCCCN1CC(=O)NCCCC(=O)O. The van der Waals surface area contributed by atoms with E-state index in [1.165, 1.54) is 6.42 Å². The van der Waals surface area contributed by atoms with Crippen molar-refractivity contribution in [2.75, 3.05) is 19.6 Å². The number of carbonyl (C=O) groups is 2. The highest BCUT2D eigenvalue weighted by Crippen LogP contribution is 2.18. The number of carboxylic acids is 1. The van der Waals surface area contributed by atoms with Crippen LogP contribution in [0.2, 0.25) is 0 Å². The minimum absolute atomic E-state index is 0.0436. The van der Waals surface area contributed by atoms with Crippen molar-refractivity contribution in [1.29, 1.82) is 0 Å². The quantitative estimate of drug-likeness (QED) is 0.574. The summed E-state index contributed by atoms with van der Waals surface area (Å²) in [6, 6.07) is 0.346. The molecule has 1 aliphatic rings. The summed E-state index contributed by atoms with van der Waals surface area (Å²) in [7, 11) is 0. The molecular weight excluding hydrogens is 246 g/mol. The van der Waals surface area contributed by atoms with Gasteiger partial charge in [-0.05, 0) is 32.7 Å². The molecule has 1 fully saturated rings. The van der Waals surface area contributed by atoms with Crippen LogP contribution in [0, 0.1) is 0 Å². The molecule has 0 aliphatic carbocycles. The first-order valence-electron chi connectivity index (χ1n) is 6.99. The van der Waals surface area contributed by atoms with Crippen LogP contribution in [0.4, 0.5) is 0 Å². The third-order valence-corrected chi connectivity index (χ3v) is 3.51. The fourth-order valence-electron chi connectivity index (χ4n) is 2.52. The highest BCUT2D eigenvalue weighted by Gasteiger charge is 2.26. The van der Waals surface area contributed by atoms with Crippen LogP contribution in [0.25, 0.3) is 0 Å². The summed E-state index contributed by atoms with van der Waals surface area (Å²) in [5, 5.41) is 11.3. The Labute approximate surface area is 114 Å². The molecule has 1 rings (SSSR count). The Morgan fingerprint density at radius 1 is 1.47 bits per heavy atom. The third-order valence-electron chi connectivity index (χ3n) is 3.51. The number of carboxylic acid groups (broad SMARTS) is 1. The second-order valence-electron chi connectivity index (χ2n) is 5.24. The molecule has 0 radical (unpaired) electrons. The first kappa shape index (κ1) is 15.9. The monoisotopic (exact) mass is 271 g/mol. The van der Waals surface area contributed by atoms with Crippen LogP contribution in [0.3, 0.4) is 0 Å². The predicted octanol–water partition coefficient (Wildman–Crippen LogP) is 0.169. The van der Waals surface area contributed by atoms with Crippen molar-refractivity contribution in [3.63, 3.8) is 0 Å². The molecule has 1 amide bonds. The molecule has 2 atom stereocenters. The number of hydrogen-bond donors (Lipinski definition) is 3. The third kappa shape index (κ3) is 6.02.